The maximum Gasteiger partial charge on any atom is 0.244 e. The number of benzene rings is 2. The van der Waals surface area contributed by atoms with Crippen LogP contribution in [-0.4, -0.2) is 31.4 Å². The molecule has 0 aliphatic heterocycles. The second-order valence-electron chi connectivity index (χ2n) is 6.29. The average Bonchev–Trinajstić information content (AvgIpc) is 2.98. The fourth-order valence-corrected chi connectivity index (χ4v) is 4.89. The van der Waals surface area contributed by atoms with Crippen LogP contribution in [0, 0.1) is 6.92 Å². The van der Waals surface area contributed by atoms with Crippen LogP contribution in [0.2, 0.25) is 5.02 Å². The first-order valence-corrected chi connectivity index (χ1v) is 10.9. The minimum atomic E-state index is -3.63. The lowest BCUT2D eigenvalue weighted by Gasteiger charge is -2.14. The number of thiazole rings is 1. The third-order valence-electron chi connectivity index (χ3n) is 4.24. The SMILES string of the molecule is Cc1ccccc1N=c1scc(-c2ccc(Cl)c(S(=O)(=O)N(C)C)c2)n1C. The van der Waals surface area contributed by atoms with Gasteiger partial charge in [0.2, 0.25) is 10.0 Å². The number of aryl methyl sites for hydroxylation is 1. The number of hydrogen-bond acceptors (Lipinski definition) is 4. The zero-order valence-corrected chi connectivity index (χ0v) is 17.9. The molecule has 3 aromatic rings. The molecule has 0 N–H and O–H groups in total. The van der Waals surface area contributed by atoms with Crippen molar-refractivity contribution in [2.24, 2.45) is 12.0 Å². The van der Waals surface area contributed by atoms with Crippen molar-refractivity contribution in [1.82, 2.24) is 8.87 Å². The van der Waals surface area contributed by atoms with Gasteiger partial charge in [0.05, 0.1) is 16.4 Å². The quantitative estimate of drug-likeness (QED) is 0.634. The molecular weight excluding hydrogens is 402 g/mol. The van der Waals surface area contributed by atoms with E-state index in [1.54, 1.807) is 12.1 Å². The van der Waals surface area contributed by atoms with Crippen LogP contribution >= 0.6 is 22.9 Å². The van der Waals surface area contributed by atoms with Crippen molar-refractivity contribution in [1.29, 1.82) is 0 Å². The molecule has 0 radical (unpaired) electrons. The van der Waals surface area contributed by atoms with Crippen LogP contribution < -0.4 is 4.80 Å². The second kappa shape index (κ2) is 7.59. The topological polar surface area (TPSA) is 54.7 Å². The van der Waals surface area contributed by atoms with E-state index in [-0.39, 0.29) is 9.92 Å². The molecule has 0 unspecified atom stereocenters. The highest BCUT2D eigenvalue weighted by Crippen LogP contribution is 2.29. The van der Waals surface area contributed by atoms with E-state index in [0.717, 1.165) is 31.6 Å². The summed E-state index contributed by atoms with van der Waals surface area (Å²) in [5.41, 5.74) is 3.65. The predicted molar refractivity (Wildman–Crippen MR) is 111 cm³/mol. The molecule has 1 heterocycles. The molecule has 5 nitrogen and oxygen atoms in total. The Morgan fingerprint density at radius 1 is 1.15 bits per heavy atom. The number of rotatable bonds is 4. The predicted octanol–water partition coefficient (Wildman–Crippen LogP) is 4.20. The van der Waals surface area contributed by atoms with Gasteiger partial charge in [-0.2, -0.15) is 0 Å². The Balaban J connectivity index is 2.12. The number of aromatic nitrogens is 1. The Hall–Kier alpha value is -1.93. The van der Waals surface area contributed by atoms with Gasteiger partial charge < -0.3 is 4.57 Å². The molecular formula is C19H20ClN3O2S2. The van der Waals surface area contributed by atoms with Crippen molar-refractivity contribution in [3.05, 3.63) is 63.2 Å². The molecule has 3 rings (SSSR count). The number of para-hydroxylation sites is 1. The normalized spacial score (nSPS) is 12.7. The molecule has 0 fully saturated rings. The number of hydrogen-bond donors (Lipinski definition) is 0. The largest absolute Gasteiger partial charge is 0.320 e. The lowest BCUT2D eigenvalue weighted by atomic mass is 10.2. The van der Waals surface area contributed by atoms with Crippen molar-refractivity contribution < 1.29 is 8.42 Å². The van der Waals surface area contributed by atoms with E-state index in [1.807, 2.05) is 54.3 Å². The molecule has 142 valence electrons. The van der Waals surface area contributed by atoms with Crippen molar-refractivity contribution in [2.75, 3.05) is 14.1 Å². The molecule has 27 heavy (non-hydrogen) atoms. The fraction of sp³-hybridized carbons (Fsp3) is 0.211. The second-order valence-corrected chi connectivity index (χ2v) is 9.66. The van der Waals surface area contributed by atoms with Crippen LogP contribution in [0.4, 0.5) is 5.69 Å². The number of halogens is 1. The zero-order chi connectivity index (χ0) is 19.8. The van der Waals surface area contributed by atoms with E-state index in [0.29, 0.717) is 0 Å². The standard InChI is InChI=1S/C19H20ClN3O2S2/c1-13-7-5-6-8-16(13)21-19-23(4)17(12-26-19)14-9-10-15(20)18(11-14)27(24,25)22(2)3/h5-12H,1-4H3. The van der Waals surface area contributed by atoms with Crippen LogP contribution in [0.25, 0.3) is 11.3 Å². The van der Waals surface area contributed by atoms with Crippen LogP contribution in [-0.2, 0) is 17.1 Å². The Bertz CT molecular complexity index is 1160. The Kier molecular flexibility index (Phi) is 5.58. The summed E-state index contributed by atoms with van der Waals surface area (Å²) in [6.07, 6.45) is 0. The van der Waals surface area contributed by atoms with Crippen molar-refractivity contribution in [2.45, 2.75) is 11.8 Å². The van der Waals surface area contributed by atoms with Gasteiger partial charge in [-0.3, -0.25) is 0 Å². The molecule has 8 heteroatoms. The van der Waals surface area contributed by atoms with Gasteiger partial charge in [-0.25, -0.2) is 17.7 Å². The molecule has 0 saturated heterocycles. The first-order valence-electron chi connectivity index (χ1n) is 8.19. The molecule has 0 aliphatic rings. The van der Waals surface area contributed by atoms with Crippen LogP contribution in [0.15, 0.2) is 57.7 Å². The molecule has 0 saturated carbocycles. The van der Waals surface area contributed by atoms with E-state index in [4.69, 9.17) is 16.6 Å². The summed E-state index contributed by atoms with van der Waals surface area (Å²) in [6, 6.07) is 13.0. The Morgan fingerprint density at radius 3 is 2.52 bits per heavy atom. The monoisotopic (exact) mass is 421 g/mol. The summed E-state index contributed by atoms with van der Waals surface area (Å²) >= 11 is 7.66. The van der Waals surface area contributed by atoms with Crippen LogP contribution in [0.3, 0.4) is 0 Å². The summed E-state index contributed by atoms with van der Waals surface area (Å²) in [5, 5.41) is 2.17. The summed E-state index contributed by atoms with van der Waals surface area (Å²) in [7, 11) is 1.26. The summed E-state index contributed by atoms with van der Waals surface area (Å²) < 4.78 is 28.2. The molecule has 0 spiro atoms. The molecule has 0 amide bonds. The smallest absolute Gasteiger partial charge is 0.244 e. The minimum Gasteiger partial charge on any atom is -0.320 e. The van der Waals surface area contributed by atoms with E-state index in [2.05, 4.69) is 0 Å². The fourth-order valence-electron chi connectivity index (χ4n) is 2.58. The molecule has 0 atom stereocenters. The summed E-state index contributed by atoms with van der Waals surface area (Å²) in [4.78, 5) is 5.65. The molecule has 0 bridgehead atoms. The third kappa shape index (κ3) is 3.87. The highest BCUT2D eigenvalue weighted by Gasteiger charge is 2.22. The van der Waals surface area contributed by atoms with Crippen molar-refractivity contribution in [3.63, 3.8) is 0 Å². The van der Waals surface area contributed by atoms with Gasteiger partial charge in [-0.1, -0.05) is 35.9 Å². The van der Waals surface area contributed by atoms with Crippen LogP contribution in [0.1, 0.15) is 5.56 Å². The van der Waals surface area contributed by atoms with Gasteiger partial charge in [0.1, 0.15) is 4.90 Å². The van der Waals surface area contributed by atoms with Gasteiger partial charge in [-0.05, 0) is 30.7 Å². The maximum absolute atomic E-state index is 12.5. The number of sulfonamides is 1. The Labute approximate surface area is 168 Å². The van der Waals surface area contributed by atoms with Gasteiger partial charge in [0, 0.05) is 32.1 Å². The van der Waals surface area contributed by atoms with E-state index >= 15 is 0 Å². The lowest BCUT2D eigenvalue weighted by Crippen LogP contribution is -2.22. The number of nitrogens with zero attached hydrogens (tertiary/aromatic N) is 3. The molecule has 0 aliphatic carbocycles. The highest BCUT2D eigenvalue weighted by atomic mass is 35.5. The molecule has 1 aromatic heterocycles. The summed E-state index contributed by atoms with van der Waals surface area (Å²) in [6.45, 7) is 2.02. The summed E-state index contributed by atoms with van der Waals surface area (Å²) in [5.74, 6) is 0. The van der Waals surface area contributed by atoms with E-state index < -0.39 is 10.0 Å². The lowest BCUT2D eigenvalue weighted by molar-refractivity contribution is 0.521. The van der Waals surface area contributed by atoms with Crippen molar-refractivity contribution in [3.8, 4) is 11.3 Å². The first kappa shape index (κ1) is 19.8. The van der Waals surface area contributed by atoms with Gasteiger partial charge in [-0.15, -0.1) is 11.3 Å². The van der Waals surface area contributed by atoms with Gasteiger partial charge >= 0.3 is 0 Å². The van der Waals surface area contributed by atoms with Gasteiger partial charge in [0.15, 0.2) is 4.80 Å². The zero-order valence-electron chi connectivity index (χ0n) is 15.5. The third-order valence-corrected chi connectivity index (χ3v) is 7.46. The first-order chi connectivity index (χ1) is 12.7. The molecule has 2 aromatic carbocycles. The van der Waals surface area contributed by atoms with E-state index in [9.17, 15) is 8.42 Å². The highest BCUT2D eigenvalue weighted by molar-refractivity contribution is 7.89. The Morgan fingerprint density at radius 2 is 1.85 bits per heavy atom. The van der Waals surface area contributed by atoms with Crippen molar-refractivity contribution >= 4 is 38.6 Å². The van der Waals surface area contributed by atoms with E-state index in [1.165, 1.54) is 25.4 Å². The average molecular weight is 422 g/mol. The minimum absolute atomic E-state index is 0.0928. The van der Waals surface area contributed by atoms with Crippen LogP contribution in [0.5, 0.6) is 0 Å². The van der Waals surface area contributed by atoms with Gasteiger partial charge in [0.25, 0.3) is 0 Å². The maximum atomic E-state index is 12.5.